The molecule has 116 valence electrons. The topological polar surface area (TPSA) is 81.4 Å². The van der Waals surface area contributed by atoms with Gasteiger partial charge in [-0.25, -0.2) is 9.59 Å². The van der Waals surface area contributed by atoms with Crippen molar-refractivity contribution in [1.82, 2.24) is 9.78 Å². The van der Waals surface area contributed by atoms with Crippen LogP contribution in [0.4, 0.5) is 13.2 Å². The van der Waals surface area contributed by atoms with Crippen LogP contribution in [-0.2, 0) is 13.2 Å². The molecule has 22 heavy (non-hydrogen) atoms. The molecule has 0 saturated carbocycles. The van der Waals surface area contributed by atoms with Crippen LogP contribution in [0.1, 0.15) is 26.4 Å². The fourth-order valence-electron chi connectivity index (χ4n) is 1.73. The number of rotatable bonds is 3. The molecular formula is C13H9F3N2O4. The van der Waals surface area contributed by atoms with Crippen LogP contribution in [-0.4, -0.2) is 26.8 Å². The fourth-order valence-corrected chi connectivity index (χ4v) is 1.73. The third kappa shape index (κ3) is 3.08. The molecule has 0 amide bonds. The Labute approximate surface area is 121 Å². The highest BCUT2D eigenvalue weighted by atomic mass is 19.4. The number of carboxylic acids is 1. The van der Waals surface area contributed by atoms with E-state index in [0.29, 0.717) is 6.07 Å². The quantitative estimate of drug-likeness (QED) is 0.695. The number of halogens is 3. The van der Waals surface area contributed by atoms with Crippen molar-refractivity contribution in [3.63, 3.8) is 0 Å². The molecule has 0 unspecified atom stereocenters. The predicted octanol–water partition coefficient (Wildman–Crippen LogP) is 2.36. The van der Waals surface area contributed by atoms with Gasteiger partial charge in [-0.15, -0.1) is 0 Å². The number of hydrogen-bond donors (Lipinski definition) is 1. The molecule has 0 bridgehead atoms. The maximum atomic E-state index is 12.6. The average molecular weight is 314 g/mol. The van der Waals surface area contributed by atoms with E-state index in [0.717, 1.165) is 29.1 Å². The Bertz CT molecular complexity index is 737. The number of alkyl halides is 3. The van der Waals surface area contributed by atoms with Gasteiger partial charge in [0, 0.05) is 7.05 Å². The normalized spacial score (nSPS) is 11.3. The number of esters is 1. The summed E-state index contributed by atoms with van der Waals surface area (Å²) in [5.74, 6) is -2.86. The molecule has 2 aromatic rings. The van der Waals surface area contributed by atoms with Gasteiger partial charge in [0.1, 0.15) is 11.3 Å². The van der Waals surface area contributed by atoms with E-state index in [9.17, 15) is 22.8 Å². The third-order valence-corrected chi connectivity index (χ3v) is 2.73. The number of benzene rings is 1. The lowest BCUT2D eigenvalue weighted by Crippen LogP contribution is -2.17. The highest BCUT2D eigenvalue weighted by Crippen LogP contribution is 2.31. The van der Waals surface area contributed by atoms with Gasteiger partial charge in [0.25, 0.3) is 0 Å². The van der Waals surface area contributed by atoms with Gasteiger partial charge in [-0.3, -0.25) is 4.68 Å². The van der Waals surface area contributed by atoms with E-state index in [1.807, 2.05) is 0 Å². The van der Waals surface area contributed by atoms with Crippen molar-refractivity contribution in [2.45, 2.75) is 6.18 Å². The Balaban J connectivity index is 2.30. The molecule has 0 saturated heterocycles. The van der Waals surface area contributed by atoms with Crippen LogP contribution in [0.5, 0.6) is 5.75 Å². The molecule has 9 heteroatoms. The summed E-state index contributed by atoms with van der Waals surface area (Å²) < 4.78 is 43.5. The molecule has 0 aliphatic heterocycles. The minimum atomic E-state index is -4.58. The zero-order valence-corrected chi connectivity index (χ0v) is 11.1. The van der Waals surface area contributed by atoms with Crippen molar-refractivity contribution in [3.8, 4) is 5.75 Å². The van der Waals surface area contributed by atoms with Gasteiger partial charge in [-0.05, 0) is 18.2 Å². The summed E-state index contributed by atoms with van der Waals surface area (Å²) in [6, 6.07) is 3.70. The Hall–Kier alpha value is -2.84. The number of nitrogens with zero attached hydrogens (tertiary/aromatic N) is 2. The summed E-state index contributed by atoms with van der Waals surface area (Å²) in [6.07, 6.45) is -3.63. The lowest BCUT2D eigenvalue weighted by Gasteiger charge is -2.09. The first-order valence-corrected chi connectivity index (χ1v) is 5.85. The lowest BCUT2D eigenvalue weighted by molar-refractivity contribution is -0.137. The summed E-state index contributed by atoms with van der Waals surface area (Å²) >= 11 is 0. The monoisotopic (exact) mass is 314 g/mol. The number of ether oxygens (including phenoxy) is 1. The van der Waals surface area contributed by atoms with Crippen LogP contribution in [0.3, 0.4) is 0 Å². The Morgan fingerprint density at radius 2 is 2.00 bits per heavy atom. The molecular weight excluding hydrogens is 305 g/mol. The second kappa shape index (κ2) is 5.51. The number of carbonyl (C=O) groups excluding carboxylic acids is 1. The molecule has 0 atom stereocenters. The van der Waals surface area contributed by atoms with Crippen molar-refractivity contribution in [2.24, 2.45) is 7.05 Å². The van der Waals surface area contributed by atoms with Crippen molar-refractivity contribution in [3.05, 3.63) is 47.3 Å². The standard InChI is InChI=1S/C13H9F3N2O4/c1-18-10(9(6-17-18)11(19)20)12(21)22-8-4-2-3-7(5-8)13(14,15)16/h2-6H,1H3,(H,19,20). The summed E-state index contributed by atoms with van der Waals surface area (Å²) in [5.41, 5.74) is -1.76. The van der Waals surface area contributed by atoms with Gasteiger partial charge >= 0.3 is 18.1 Å². The summed E-state index contributed by atoms with van der Waals surface area (Å²) in [6.45, 7) is 0. The number of aryl methyl sites for hydroxylation is 1. The highest BCUT2D eigenvalue weighted by molar-refractivity contribution is 6.01. The first-order valence-electron chi connectivity index (χ1n) is 5.85. The summed E-state index contributed by atoms with van der Waals surface area (Å²) in [5, 5.41) is 12.5. The number of hydrogen-bond acceptors (Lipinski definition) is 4. The van der Waals surface area contributed by atoms with Crippen LogP contribution in [0.15, 0.2) is 30.5 Å². The smallest absolute Gasteiger partial charge is 0.416 e. The molecule has 0 spiro atoms. The average Bonchev–Trinajstić information content (AvgIpc) is 2.80. The van der Waals surface area contributed by atoms with Crippen LogP contribution in [0.25, 0.3) is 0 Å². The van der Waals surface area contributed by atoms with Gasteiger partial charge in [0.05, 0.1) is 11.8 Å². The third-order valence-electron chi connectivity index (χ3n) is 2.73. The number of aromatic carboxylic acids is 1. The van der Waals surface area contributed by atoms with E-state index >= 15 is 0 Å². The van der Waals surface area contributed by atoms with Crippen molar-refractivity contribution in [2.75, 3.05) is 0 Å². The van der Waals surface area contributed by atoms with Crippen LogP contribution in [0.2, 0.25) is 0 Å². The highest BCUT2D eigenvalue weighted by Gasteiger charge is 2.31. The van der Waals surface area contributed by atoms with E-state index in [-0.39, 0.29) is 11.4 Å². The molecule has 2 rings (SSSR count). The SMILES string of the molecule is Cn1ncc(C(=O)O)c1C(=O)Oc1cccc(C(F)(F)F)c1. The second-order valence-electron chi connectivity index (χ2n) is 4.25. The van der Waals surface area contributed by atoms with Gasteiger partial charge in [0.2, 0.25) is 0 Å². The molecule has 1 N–H and O–H groups in total. The number of carboxylic acid groups (broad SMARTS) is 1. The minimum Gasteiger partial charge on any atom is -0.478 e. The summed E-state index contributed by atoms with van der Waals surface area (Å²) in [7, 11) is 1.31. The van der Waals surface area contributed by atoms with E-state index in [4.69, 9.17) is 9.84 Å². The zero-order chi connectivity index (χ0) is 16.5. The first-order chi connectivity index (χ1) is 10.2. The molecule has 1 heterocycles. The molecule has 0 radical (unpaired) electrons. The van der Waals surface area contributed by atoms with E-state index < -0.39 is 29.2 Å². The molecule has 1 aromatic heterocycles. The van der Waals surface area contributed by atoms with Gasteiger partial charge < -0.3 is 9.84 Å². The van der Waals surface area contributed by atoms with Crippen LogP contribution in [0, 0.1) is 0 Å². The molecule has 0 fully saturated rings. The Kier molecular flexibility index (Phi) is 3.89. The van der Waals surface area contributed by atoms with Crippen molar-refractivity contribution >= 4 is 11.9 Å². The zero-order valence-electron chi connectivity index (χ0n) is 11.1. The second-order valence-corrected chi connectivity index (χ2v) is 4.25. The Morgan fingerprint density at radius 1 is 1.32 bits per heavy atom. The predicted molar refractivity (Wildman–Crippen MR) is 66.6 cm³/mol. The van der Waals surface area contributed by atoms with Gasteiger partial charge in [-0.1, -0.05) is 6.07 Å². The number of carbonyl (C=O) groups is 2. The molecule has 6 nitrogen and oxygen atoms in total. The minimum absolute atomic E-state index is 0.350. The fraction of sp³-hybridized carbons (Fsp3) is 0.154. The van der Waals surface area contributed by atoms with Crippen LogP contribution >= 0.6 is 0 Å². The molecule has 0 aliphatic rings. The van der Waals surface area contributed by atoms with Crippen molar-refractivity contribution in [1.29, 1.82) is 0 Å². The largest absolute Gasteiger partial charge is 0.478 e. The van der Waals surface area contributed by atoms with Gasteiger partial charge in [0.15, 0.2) is 5.69 Å². The molecule has 0 aliphatic carbocycles. The summed E-state index contributed by atoms with van der Waals surface area (Å²) in [4.78, 5) is 22.9. The van der Waals surface area contributed by atoms with Gasteiger partial charge in [-0.2, -0.15) is 18.3 Å². The first kappa shape index (κ1) is 15.5. The molecule has 1 aromatic carbocycles. The maximum absolute atomic E-state index is 12.6. The maximum Gasteiger partial charge on any atom is 0.416 e. The lowest BCUT2D eigenvalue weighted by atomic mass is 10.2. The van der Waals surface area contributed by atoms with E-state index in [1.165, 1.54) is 7.05 Å². The van der Waals surface area contributed by atoms with Crippen LogP contribution < -0.4 is 4.74 Å². The van der Waals surface area contributed by atoms with E-state index in [2.05, 4.69) is 5.10 Å². The van der Waals surface area contributed by atoms with Crippen molar-refractivity contribution < 1.29 is 32.6 Å². The number of aromatic nitrogens is 2. The Morgan fingerprint density at radius 3 is 2.59 bits per heavy atom. The van der Waals surface area contributed by atoms with E-state index in [1.54, 1.807) is 0 Å².